The van der Waals surface area contributed by atoms with Crippen molar-refractivity contribution in [2.75, 3.05) is 20.2 Å². The van der Waals surface area contributed by atoms with Gasteiger partial charge in [0.05, 0.1) is 12.8 Å². The number of nitrogens with one attached hydrogen (secondary N) is 2. The molecule has 1 fully saturated rings. The highest BCUT2D eigenvalue weighted by Crippen LogP contribution is 2.24. The molecule has 3 atom stereocenters. The van der Waals surface area contributed by atoms with E-state index in [0.29, 0.717) is 16.3 Å². The lowest BCUT2D eigenvalue weighted by molar-refractivity contribution is -0.127. The van der Waals surface area contributed by atoms with Crippen molar-refractivity contribution in [2.45, 2.75) is 18.3 Å². The number of aliphatic hydroxyl groups excluding tert-OH is 1. The number of rotatable bonds is 7. The van der Waals surface area contributed by atoms with E-state index in [4.69, 9.17) is 16.3 Å². The predicted molar refractivity (Wildman–Crippen MR) is 133 cm³/mol. The number of amides is 3. The topological polar surface area (TPSA) is 139 Å². The molecular formula is C22H22BrClN6O5. The smallest absolute Gasteiger partial charge is 0.325 e. The second kappa shape index (κ2) is 10.5. The number of ether oxygens (including phenoxy) is 1. The van der Waals surface area contributed by atoms with Crippen LogP contribution in [-0.2, 0) is 4.79 Å². The number of carbonyl (C=O) groups is 2. The van der Waals surface area contributed by atoms with Gasteiger partial charge in [0.25, 0.3) is 5.91 Å². The number of likely N-dealkylation sites (N-methyl/N-ethyl adjacent to an activating group) is 1. The number of hydrogen-bond acceptors (Lipinski definition) is 9. The Morgan fingerprint density at radius 2 is 2.06 bits per heavy atom. The molecule has 2 heterocycles. The number of phenolic OH excluding ortho intramolecular Hbond substituents is 1. The molecule has 11 nitrogen and oxygen atoms in total. The Morgan fingerprint density at radius 1 is 1.31 bits per heavy atom. The van der Waals surface area contributed by atoms with Crippen LogP contribution in [0.25, 0.3) is 0 Å². The van der Waals surface area contributed by atoms with E-state index in [1.54, 1.807) is 36.4 Å². The van der Waals surface area contributed by atoms with Gasteiger partial charge in [0.2, 0.25) is 5.96 Å². The van der Waals surface area contributed by atoms with Gasteiger partial charge in [-0.15, -0.1) is 0 Å². The number of hydrazone groups is 1. The van der Waals surface area contributed by atoms with Gasteiger partial charge in [-0.1, -0.05) is 27.5 Å². The maximum atomic E-state index is 12.7. The summed E-state index contributed by atoms with van der Waals surface area (Å²) in [6, 6.07) is 10.1. The Kier molecular flexibility index (Phi) is 7.43. The molecule has 3 unspecified atom stereocenters. The first-order valence-corrected chi connectivity index (χ1v) is 11.7. The highest BCUT2D eigenvalue weighted by atomic mass is 79.9. The van der Waals surface area contributed by atoms with Crippen LogP contribution in [0.4, 0.5) is 4.79 Å². The summed E-state index contributed by atoms with van der Waals surface area (Å²) >= 11 is 9.21. The van der Waals surface area contributed by atoms with E-state index >= 15 is 0 Å². The van der Waals surface area contributed by atoms with Gasteiger partial charge in [0.15, 0.2) is 12.2 Å². The lowest BCUT2D eigenvalue weighted by Gasteiger charge is -2.36. The molecule has 2 aliphatic rings. The van der Waals surface area contributed by atoms with Gasteiger partial charge in [-0.05, 0) is 42.5 Å². The average molecular weight is 566 g/mol. The van der Waals surface area contributed by atoms with Crippen LogP contribution in [0, 0.1) is 0 Å². The number of fused-ring (bicyclic) bond motifs is 1. The summed E-state index contributed by atoms with van der Waals surface area (Å²) in [5.74, 6) is 0.183. The number of carbonyl (C=O) groups excluding carboxylic acids is 2. The van der Waals surface area contributed by atoms with Gasteiger partial charge in [0.1, 0.15) is 24.2 Å². The predicted octanol–water partition coefficient (Wildman–Crippen LogP) is 1.72. The number of aromatic hydroxyl groups is 1. The van der Waals surface area contributed by atoms with Crippen molar-refractivity contribution >= 4 is 51.6 Å². The van der Waals surface area contributed by atoms with Crippen LogP contribution in [0.2, 0.25) is 5.02 Å². The molecule has 1 saturated heterocycles. The number of aliphatic hydroxyl groups is 1. The summed E-state index contributed by atoms with van der Waals surface area (Å²) in [4.78, 5) is 32.0. The van der Waals surface area contributed by atoms with E-state index in [9.17, 15) is 19.8 Å². The fraction of sp³-hybridized carbons (Fsp3) is 0.273. The molecule has 0 spiro atoms. The van der Waals surface area contributed by atoms with Crippen molar-refractivity contribution in [3.8, 4) is 11.5 Å². The molecule has 35 heavy (non-hydrogen) atoms. The minimum Gasteiger partial charge on any atom is -0.507 e. The summed E-state index contributed by atoms with van der Waals surface area (Å²) in [6.45, 7) is -0.0952. The number of urea groups is 1. The van der Waals surface area contributed by atoms with Gasteiger partial charge in [-0.2, -0.15) is 5.10 Å². The largest absolute Gasteiger partial charge is 0.507 e. The van der Waals surface area contributed by atoms with E-state index in [-0.39, 0.29) is 24.9 Å². The van der Waals surface area contributed by atoms with Crippen molar-refractivity contribution in [1.29, 1.82) is 0 Å². The van der Waals surface area contributed by atoms with Crippen molar-refractivity contribution in [1.82, 2.24) is 20.5 Å². The maximum Gasteiger partial charge on any atom is 0.325 e. The summed E-state index contributed by atoms with van der Waals surface area (Å²) in [5, 5.41) is 27.6. The van der Waals surface area contributed by atoms with E-state index in [1.807, 2.05) is 0 Å². The maximum absolute atomic E-state index is 12.7. The number of halogens is 2. The van der Waals surface area contributed by atoms with E-state index in [0.717, 1.165) is 4.47 Å². The molecule has 0 aromatic heterocycles. The highest BCUT2D eigenvalue weighted by Gasteiger charge is 2.49. The van der Waals surface area contributed by atoms with E-state index < -0.39 is 30.2 Å². The molecular weight excluding hydrogens is 544 g/mol. The van der Waals surface area contributed by atoms with Crippen LogP contribution in [0.15, 0.2) is 57.0 Å². The lowest BCUT2D eigenvalue weighted by atomic mass is 10.1. The molecule has 2 aromatic carbocycles. The number of guanidine groups is 1. The number of imide groups is 1. The third-order valence-corrected chi connectivity index (χ3v) is 6.13. The van der Waals surface area contributed by atoms with Crippen molar-refractivity contribution in [3.63, 3.8) is 0 Å². The molecule has 0 aliphatic carbocycles. The van der Waals surface area contributed by atoms with Gasteiger partial charge in [0, 0.05) is 22.1 Å². The first-order valence-electron chi connectivity index (χ1n) is 10.5. The fourth-order valence-electron chi connectivity index (χ4n) is 3.61. The minimum absolute atomic E-state index is 0.0251. The number of β-amino-alcohol motifs (C(OH)–C–C–N with tert-alkyl or cyclic N) is 1. The first kappa shape index (κ1) is 24.8. The zero-order valence-corrected chi connectivity index (χ0v) is 20.8. The van der Waals surface area contributed by atoms with Crippen molar-refractivity contribution in [3.05, 3.63) is 57.5 Å². The monoisotopic (exact) mass is 564 g/mol. The Morgan fingerprint density at radius 3 is 2.80 bits per heavy atom. The Balaban J connectivity index is 1.49. The SMILES string of the molecule is CN1C(=O)NC(=O)C2C1N=C(N/N=C/c1cc(Br)ccc1O)N2CC(O)COc1ccc(Cl)cc1. The molecule has 0 bridgehead atoms. The van der Waals surface area contributed by atoms with Crippen LogP contribution in [-0.4, -0.2) is 82.6 Å². The minimum atomic E-state index is -1.01. The van der Waals surface area contributed by atoms with Gasteiger partial charge in [-0.25, -0.2) is 15.2 Å². The Bertz CT molecular complexity index is 1180. The molecule has 3 amide bonds. The zero-order valence-electron chi connectivity index (χ0n) is 18.4. The molecule has 0 radical (unpaired) electrons. The molecule has 4 N–H and O–H groups in total. The first-order chi connectivity index (χ1) is 16.7. The van der Waals surface area contributed by atoms with Gasteiger partial charge in [-0.3, -0.25) is 10.1 Å². The summed E-state index contributed by atoms with van der Waals surface area (Å²) in [6.07, 6.45) is -0.430. The second-order valence-electron chi connectivity index (χ2n) is 7.86. The van der Waals surface area contributed by atoms with Gasteiger partial charge >= 0.3 is 6.03 Å². The second-order valence-corrected chi connectivity index (χ2v) is 9.21. The Hall–Kier alpha value is -3.35. The van der Waals surface area contributed by atoms with Crippen LogP contribution < -0.4 is 15.5 Å². The standard InChI is InChI=1S/C22H22BrClN6O5/c1-29-19-18(20(33)27-22(29)34)30(10-15(31)11-35-16-5-3-14(24)4-6-16)21(26-19)28-25-9-12-8-13(23)2-7-17(12)32/h2-9,15,18-19,31-32H,10-11H2,1H3,(H,26,28)(H,27,33,34)/b25-9+. The Labute approximate surface area is 214 Å². The van der Waals surface area contributed by atoms with Crippen molar-refractivity contribution < 1.29 is 24.5 Å². The molecule has 4 rings (SSSR count). The fourth-order valence-corrected chi connectivity index (χ4v) is 4.11. The number of nitrogens with zero attached hydrogens (tertiary/aromatic N) is 4. The molecule has 13 heteroatoms. The third-order valence-electron chi connectivity index (χ3n) is 5.38. The van der Waals surface area contributed by atoms with E-state index in [2.05, 4.69) is 36.8 Å². The number of benzene rings is 2. The van der Waals surface area contributed by atoms with Crippen LogP contribution in [0.5, 0.6) is 11.5 Å². The number of phenols is 1. The molecule has 2 aromatic rings. The van der Waals surface area contributed by atoms with E-state index in [1.165, 1.54) is 29.1 Å². The van der Waals surface area contributed by atoms with Crippen LogP contribution in [0.1, 0.15) is 5.56 Å². The molecule has 184 valence electrons. The average Bonchev–Trinajstić information content (AvgIpc) is 3.18. The quantitative estimate of drug-likeness (QED) is 0.296. The molecule has 0 saturated carbocycles. The third kappa shape index (κ3) is 5.66. The van der Waals surface area contributed by atoms with Gasteiger partial charge < -0.3 is 24.7 Å². The van der Waals surface area contributed by atoms with Crippen LogP contribution in [0.3, 0.4) is 0 Å². The number of aliphatic imine (C=N–C) groups is 1. The lowest BCUT2D eigenvalue weighted by Crippen LogP contribution is -2.64. The van der Waals surface area contributed by atoms with Crippen LogP contribution >= 0.6 is 27.5 Å². The zero-order chi connectivity index (χ0) is 25.1. The normalized spacial score (nSPS) is 20.5. The summed E-state index contributed by atoms with van der Waals surface area (Å²) in [7, 11) is 1.52. The summed E-state index contributed by atoms with van der Waals surface area (Å²) in [5.41, 5.74) is 3.20. The highest BCUT2D eigenvalue weighted by molar-refractivity contribution is 9.10. The molecule has 2 aliphatic heterocycles. The van der Waals surface area contributed by atoms with Crippen molar-refractivity contribution in [2.24, 2.45) is 10.1 Å². The number of hydrogen-bond donors (Lipinski definition) is 4. The summed E-state index contributed by atoms with van der Waals surface area (Å²) < 4.78 is 6.36.